The second-order valence-electron chi connectivity index (χ2n) is 5.63. The molecule has 0 aliphatic carbocycles. The zero-order valence-corrected chi connectivity index (χ0v) is 14.0. The molecule has 0 atom stereocenters. The van der Waals surface area contributed by atoms with E-state index >= 15 is 0 Å². The predicted octanol–water partition coefficient (Wildman–Crippen LogP) is 2.22. The monoisotopic (exact) mass is 347 g/mol. The van der Waals surface area contributed by atoms with Gasteiger partial charge in [0, 0.05) is 12.6 Å². The van der Waals surface area contributed by atoms with Gasteiger partial charge in [0.05, 0.1) is 17.7 Å². The number of hydrogen-bond donors (Lipinski definition) is 0. The van der Waals surface area contributed by atoms with Crippen molar-refractivity contribution in [3.8, 4) is 17.2 Å². The van der Waals surface area contributed by atoms with E-state index in [-0.39, 0.29) is 4.90 Å². The predicted molar refractivity (Wildman–Crippen MR) is 88.7 cm³/mol. The third-order valence-corrected chi connectivity index (χ3v) is 6.05. The number of nitrogens with zero attached hydrogens (tertiary/aromatic N) is 1. The summed E-state index contributed by atoms with van der Waals surface area (Å²) in [6.07, 6.45) is 0.663. The van der Waals surface area contributed by atoms with E-state index in [0.29, 0.717) is 43.4 Å². The van der Waals surface area contributed by atoms with Gasteiger partial charge in [-0.05, 0) is 42.3 Å². The molecular formula is C17H17NO5S. The molecule has 24 heavy (non-hydrogen) atoms. The fraction of sp³-hybridized carbons (Fsp3) is 0.294. The zero-order valence-electron chi connectivity index (χ0n) is 13.2. The second-order valence-corrected chi connectivity index (χ2v) is 7.49. The standard InChI is InChI=1S/C17H17NO5S/c1-21-13-2-4-15-12(10-13)6-7-18(15)24(19,20)14-3-5-16-17(11-14)23-9-8-22-16/h2-5,10-11H,6-9H2,1H3. The Kier molecular flexibility index (Phi) is 3.53. The SMILES string of the molecule is COc1ccc2c(c1)CCN2S(=O)(=O)c1ccc2c(c1)OCCO2. The van der Waals surface area contributed by atoms with Crippen LogP contribution in [0.3, 0.4) is 0 Å². The van der Waals surface area contributed by atoms with Crippen LogP contribution in [0.4, 0.5) is 5.69 Å². The van der Waals surface area contributed by atoms with Crippen molar-refractivity contribution in [2.24, 2.45) is 0 Å². The number of fused-ring (bicyclic) bond motifs is 2. The van der Waals surface area contributed by atoms with Gasteiger partial charge in [-0.1, -0.05) is 0 Å². The second kappa shape index (κ2) is 5.59. The van der Waals surface area contributed by atoms with Gasteiger partial charge in [0.25, 0.3) is 10.0 Å². The summed E-state index contributed by atoms with van der Waals surface area (Å²) >= 11 is 0. The first-order valence-electron chi connectivity index (χ1n) is 7.69. The quantitative estimate of drug-likeness (QED) is 0.852. The van der Waals surface area contributed by atoms with Crippen molar-refractivity contribution in [2.45, 2.75) is 11.3 Å². The van der Waals surface area contributed by atoms with E-state index in [0.717, 1.165) is 11.3 Å². The Morgan fingerprint density at radius 1 is 1.04 bits per heavy atom. The van der Waals surface area contributed by atoms with Crippen LogP contribution in [0.2, 0.25) is 0 Å². The number of rotatable bonds is 3. The molecule has 126 valence electrons. The highest BCUT2D eigenvalue weighted by Crippen LogP contribution is 2.38. The molecule has 0 fully saturated rings. The van der Waals surface area contributed by atoms with Gasteiger partial charge in [-0.2, -0.15) is 0 Å². The highest BCUT2D eigenvalue weighted by Gasteiger charge is 2.32. The highest BCUT2D eigenvalue weighted by molar-refractivity contribution is 7.92. The van der Waals surface area contributed by atoms with Crippen LogP contribution in [-0.4, -0.2) is 35.3 Å². The van der Waals surface area contributed by atoms with E-state index in [4.69, 9.17) is 14.2 Å². The smallest absolute Gasteiger partial charge is 0.264 e. The molecule has 2 aromatic rings. The average molecular weight is 347 g/mol. The normalized spacial score (nSPS) is 16.0. The minimum absolute atomic E-state index is 0.204. The summed E-state index contributed by atoms with van der Waals surface area (Å²) < 4.78 is 43.7. The summed E-state index contributed by atoms with van der Waals surface area (Å²) in [5, 5.41) is 0. The van der Waals surface area contributed by atoms with Crippen molar-refractivity contribution >= 4 is 15.7 Å². The van der Waals surface area contributed by atoms with Crippen molar-refractivity contribution in [3.63, 3.8) is 0 Å². The molecule has 0 radical (unpaired) electrons. The molecule has 2 aliphatic rings. The molecule has 2 aromatic carbocycles. The molecular weight excluding hydrogens is 330 g/mol. The number of sulfonamides is 1. The molecule has 4 rings (SSSR count). The lowest BCUT2D eigenvalue weighted by molar-refractivity contribution is 0.171. The van der Waals surface area contributed by atoms with Gasteiger partial charge in [-0.25, -0.2) is 8.42 Å². The van der Waals surface area contributed by atoms with Crippen LogP contribution in [0.1, 0.15) is 5.56 Å². The van der Waals surface area contributed by atoms with Crippen molar-refractivity contribution in [3.05, 3.63) is 42.0 Å². The Balaban J connectivity index is 1.72. The van der Waals surface area contributed by atoms with Gasteiger partial charge in [0.2, 0.25) is 0 Å². The van der Waals surface area contributed by atoms with E-state index in [2.05, 4.69) is 0 Å². The molecule has 0 amide bonds. The first-order chi connectivity index (χ1) is 11.6. The molecule has 7 heteroatoms. The summed E-state index contributed by atoms with van der Waals surface area (Å²) in [4.78, 5) is 0.204. The fourth-order valence-electron chi connectivity index (χ4n) is 3.04. The van der Waals surface area contributed by atoms with Crippen molar-refractivity contribution in [2.75, 3.05) is 31.2 Å². The summed E-state index contributed by atoms with van der Waals surface area (Å²) in [7, 11) is -2.05. The molecule has 0 spiro atoms. The first-order valence-corrected chi connectivity index (χ1v) is 9.13. The summed E-state index contributed by atoms with van der Waals surface area (Å²) in [5.41, 5.74) is 1.67. The van der Waals surface area contributed by atoms with Gasteiger partial charge in [0.15, 0.2) is 11.5 Å². The third kappa shape index (κ3) is 2.36. The van der Waals surface area contributed by atoms with Gasteiger partial charge in [-0.3, -0.25) is 4.31 Å². The molecule has 0 bridgehead atoms. The maximum atomic E-state index is 13.0. The molecule has 0 saturated carbocycles. The van der Waals surface area contributed by atoms with Crippen LogP contribution < -0.4 is 18.5 Å². The topological polar surface area (TPSA) is 65.1 Å². The number of benzene rings is 2. The Morgan fingerprint density at radius 3 is 2.62 bits per heavy atom. The Morgan fingerprint density at radius 2 is 1.83 bits per heavy atom. The minimum Gasteiger partial charge on any atom is -0.497 e. The van der Waals surface area contributed by atoms with Crippen LogP contribution in [-0.2, 0) is 16.4 Å². The van der Waals surface area contributed by atoms with Crippen LogP contribution in [0.25, 0.3) is 0 Å². The Labute approximate surface area is 140 Å². The van der Waals surface area contributed by atoms with Crippen LogP contribution in [0.5, 0.6) is 17.2 Å². The number of methoxy groups -OCH3 is 1. The van der Waals surface area contributed by atoms with E-state index in [1.165, 1.54) is 10.4 Å². The highest BCUT2D eigenvalue weighted by atomic mass is 32.2. The van der Waals surface area contributed by atoms with E-state index in [9.17, 15) is 8.42 Å². The molecule has 2 aliphatic heterocycles. The molecule has 0 N–H and O–H groups in total. The summed E-state index contributed by atoms with van der Waals surface area (Å²) in [6, 6.07) is 10.2. The maximum absolute atomic E-state index is 13.0. The largest absolute Gasteiger partial charge is 0.497 e. The Bertz CT molecular complexity index is 894. The number of anilines is 1. The Hall–Kier alpha value is -2.41. The molecule has 0 aromatic heterocycles. The average Bonchev–Trinajstić information content (AvgIpc) is 3.05. The van der Waals surface area contributed by atoms with E-state index < -0.39 is 10.0 Å². The fourth-order valence-corrected chi connectivity index (χ4v) is 4.56. The number of ether oxygens (including phenoxy) is 3. The van der Waals surface area contributed by atoms with Crippen LogP contribution >= 0.6 is 0 Å². The summed E-state index contributed by atoms with van der Waals surface area (Å²) in [6.45, 7) is 1.31. The van der Waals surface area contributed by atoms with Gasteiger partial charge < -0.3 is 14.2 Å². The first kappa shape index (κ1) is 15.1. The minimum atomic E-state index is -3.65. The summed E-state index contributed by atoms with van der Waals surface area (Å²) in [5.74, 6) is 1.77. The lowest BCUT2D eigenvalue weighted by atomic mass is 10.1. The van der Waals surface area contributed by atoms with Crippen molar-refractivity contribution in [1.82, 2.24) is 0 Å². The molecule has 0 saturated heterocycles. The lowest BCUT2D eigenvalue weighted by Gasteiger charge is -2.22. The zero-order chi connectivity index (χ0) is 16.7. The van der Waals surface area contributed by atoms with Gasteiger partial charge in [0.1, 0.15) is 19.0 Å². The number of hydrogen-bond acceptors (Lipinski definition) is 5. The molecule has 0 unspecified atom stereocenters. The van der Waals surface area contributed by atoms with Crippen molar-refractivity contribution in [1.29, 1.82) is 0 Å². The van der Waals surface area contributed by atoms with Gasteiger partial charge in [-0.15, -0.1) is 0 Å². The maximum Gasteiger partial charge on any atom is 0.264 e. The van der Waals surface area contributed by atoms with Crippen LogP contribution in [0.15, 0.2) is 41.3 Å². The van der Waals surface area contributed by atoms with Crippen LogP contribution in [0, 0.1) is 0 Å². The van der Waals surface area contributed by atoms with E-state index in [1.54, 1.807) is 31.4 Å². The molecule has 6 nitrogen and oxygen atoms in total. The lowest BCUT2D eigenvalue weighted by Crippen LogP contribution is -2.29. The molecule has 2 heterocycles. The third-order valence-electron chi connectivity index (χ3n) is 4.24. The van der Waals surface area contributed by atoms with Gasteiger partial charge >= 0.3 is 0 Å². The van der Waals surface area contributed by atoms with Crippen molar-refractivity contribution < 1.29 is 22.6 Å². The van der Waals surface area contributed by atoms with E-state index in [1.807, 2.05) is 6.07 Å².